The molecule has 0 saturated carbocycles. The van der Waals surface area contributed by atoms with E-state index in [1.807, 2.05) is 24.3 Å². The highest BCUT2D eigenvalue weighted by Crippen LogP contribution is 2.42. The summed E-state index contributed by atoms with van der Waals surface area (Å²) in [6, 6.07) is 16.1. The van der Waals surface area contributed by atoms with Gasteiger partial charge in [0.2, 0.25) is 5.76 Å². The van der Waals surface area contributed by atoms with Crippen LogP contribution in [0.15, 0.2) is 74.7 Å². The van der Waals surface area contributed by atoms with Crippen LogP contribution in [0.25, 0.3) is 22.3 Å². The number of nitrogens with zero attached hydrogens (tertiary/aromatic N) is 2. The predicted octanol–water partition coefficient (Wildman–Crippen LogP) is 3.80. The van der Waals surface area contributed by atoms with Gasteiger partial charge in [0, 0.05) is 11.5 Å². The van der Waals surface area contributed by atoms with Gasteiger partial charge in [-0.3, -0.25) is 4.31 Å². The molecule has 0 spiro atoms. The van der Waals surface area contributed by atoms with Gasteiger partial charge in [0.25, 0.3) is 10.0 Å². The van der Waals surface area contributed by atoms with Crippen molar-refractivity contribution in [2.75, 3.05) is 4.31 Å². The number of benzene rings is 2. The van der Waals surface area contributed by atoms with Crippen LogP contribution in [-0.4, -0.2) is 13.6 Å². The molecule has 0 N–H and O–H groups in total. The van der Waals surface area contributed by atoms with Gasteiger partial charge < -0.3 is 8.94 Å². The fourth-order valence-electron chi connectivity index (χ4n) is 3.20. The molecule has 7 heteroatoms. The molecule has 0 saturated heterocycles. The van der Waals surface area contributed by atoms with Crippen LogP contribution in [0.1, 0.15) is 5.69 Å². The number of sulfonamides is 1. The molecule has 124 valence electrons. The molecule has 0 bridgehead atoms. The van der Waals surface area contributed by atoms with Gasteiger partial charge >= 0.3 is 0 Å². The zero-order valence-corrected chi connectivity index (χ0v) is 13.7. The van der Waals surface area contributed by atoms with Crippen LogP contribution >= 0.6 is 0 Å². The smallest absolute Gasteiger partial charge is 0.265 e. The molecule has 25 heavy (non-hydrogen) atoms. The summed E-state index contributed by atoms with van der Waals surface area (Å²) in [7, 11) is -3.61. The summed E-state index contributed by atoms with van der Waals surface area (Å²) in [5, 5.41) is 5.64. The predicted molar refractivity (Wildman–Crippen MR) is 91.5 cm³/mol. The summed E-state index contributed by atoms with van der Waals surface area (Å²) in [6.07, 6.45) is 1.54. The lowest BCUT2D eigenvalue weighted by atomic mass is 10.1. The van der Waals surface area contributed by atoms with Crippen LogP contribution in [-0.2, 0) is 16.6 Å². The van der Waals surface area contributed by atoms with Crippen LogP contribution in [0, 0.1) is 0 Å². The van der Waals surface area contributed by atoms with E-state index in [9.17, 15) is 8.42 Å². The highest BCUT2D eigenvalue weighted by molar-refractivity contribution is 7.93. The zero-order chi connectivity index (χ0) is 17.0. The van der Waals surface area contributed by atoms with E-state index in [1.165, 1.54) is 4.31 Å². The number of rotatable bonds is 3. The number of hydrogen-bond acceptors (Lipinski definition) is 5. The average Bonchev–Trinajstić information content (AvgIpc) is 3.33. The monoisotopic (exact) mass is 352 g/mol. The summed E-state index contributed by atoms with van der Waals surface area (Å²) < 4.78 is 37.8. The first-order valence-corrected chi connectivity index (χ1v) is 9.12. The minimum absolute atomic E-state index is 0.0976. The number of anilines is 1. The van der Waals surface area contributed by atoms with E-state index in [1.54, 1.807) is 36.6 Å². The quantitative estimate of drug-likeness (QED) is 0.560. The lowest BCUT2D eigenvalue weighted by Gasteiger charge is -2.17. The molecule has 0 radical (unpaired) electrons. The van der Waals surface area contributed by atoms with Crippen molar-refractivity contribution in [3.8, 4) is 11.5 Å². The van der Waals surface area contributed by atoms with Gasteiger partial charge in [-0.2, -0.15) is 0 Å². The average molecular weight is 352 g/mol. The Balaban J connectivity index is 1.59. The fourth-order valence-corrected chi connectivity index (χ4v) is 4.88. The lowest BCUT2D eigenvalue weighted by Crippen LogP contribution is -2.26. The second kappa shape index (κ2) is 4.97. The van der Waals surface area contributed by atoms with Gasteiger partial charge in [-0.15, -0.1) is 0 Å². The molecule has 6 nitrogen and oxygen atoms in total. The third-order valence-electron chi connectivity index (χ3n) is 4.31. The van der Waals surface area contributed by atoms with Crippen molar-refractivity contribution in [1.29, 1.82) is 0 Å². The molecule has 1 aliphatic heterocycles. The van der Waals surface area contributed by atoms with Gasteiger partial charge in [-0.25, -0.2) is 8.42 Å². The Labute approximate surface area is 143 Å². The summed E-state index contributed by atoms with van der Waals surface area (Å²) in [5.41, 5.74) is 1.18. The third kappa shape index (κ3) is 2.02. The van der Waals surface area contributed by atoms with Crippen molar-refractivity contribution in [3.63, 3.8) is 0 Å². The molecule has 0 fully saturated rings. The first-order chi connectivity index (χ1) is 12.1. The first-order valence-electron chi connectivity index (χ1n) is 7.68. The second-order valence-corrected chi connectivity index (χ2v) is 7.63. The van der Waals surface area contributed by atoms with E-state index < -0.39 is 10.0 Å². The zero-order valence-electron chi connectivity index (χ0n) is 12.9. The van der Waals surface area contributed by atoms with E-state index in [2.05, 4.69) is 5.16 Å². The maximum atomic E-state index is 13.0. The molecule has 1 aliphatic rings. The van der Waals surface area contributed by atoms with Crippen LogP contribution in [0.4, 0.5) is 5.69 Å². The molecular weight excluding hydrogens is 340 g/mol. The van der Waals surface area contributed by atoms with Crippen molar-refractivity contribution in [2.24, 2.45) is 0 Å². The molecular formula is C18H12N2O4S. The highest BCUT2D eigenvalue weighted by Gasteiger charge is 2.36. The Kier molecular flexibility index (Phi) is 2.84. The van der Waals surface area contributed by atoms with E-state index in [4.69, 9.17) is 8.94 Å². The number of aromatic nitrogens is 1. The summed E-state index contributed by atoms with van der Waals surface area (Å²) in [4.78, 5) is 0.329. The van der Waals surface area contributed by atoms with Crippen LogP contribution < -0.4 is 4.31 Å². The standard InChI is InChI=1S/C18H12N2O4S/c21-25(22)17-8-2-5-12-4-1-6-14(18(12)17)20(25)11-13-10-16(24-19-13)15-7-3-9-23-15/h1-10H,11H2. The van der Waals surface area contributed by atoms with Crippen molar-refractivity contribution < 1.29 is 17.4 Å². The van der Waals surface area contributed by atoms with E-state index >= 15 is 0 Å². The molecule has 0 atom stereocenters. The Morgan fingerprint density at radius 1 is 1.00 bits per heavy atom. The van der Waals surface area contributed by atoms with Crippen molar-refractivity contribution in [1.82, 2.24) is 5.16 Å². The Hall–Kier alpha value is -3.06. The van der Waals surface area contributed by atoms with Crippen LogP contribution in [0.2, 0.25) is 0 Å². The highest BCUT2D eigenvalue weighted by atomic mass is 32.2. The van der Waals surface area contributed by atoms with Gasteiger partial charge in [-0.05, 0) is 29.7 Å². The minimum atomic E-state index is -3.61. The van der Waals surface area contributed by atoms with Crippen molar-refractivity contribution >= 4 is 26.5 Å². The number of hydrogen-bond donors (Lipinski definition) is 0. The second-order valence-electron chi connectivity index (χ2n) is 5.80. The maximum Gasteiger partial charge on any atom is 0.265 e. The normalized spacial score (nSPS) is 15.1. The summed E-state index contributed by atoms with van der Waals surface area (Å²) in [6.45, 7) is 0.0976. The van der Waals surface area contributed by atoms with Gasteiger partial charge in [-0.1, -0.05) is 29.4 Å². The Morgan fingerprint density at radius 3 is 2.64 bits per heavy atom. The minimum Gasteiger partial charge on any atom is -0.461 e. The first kappa shape index (κ1) is 14.3. The van der Waals surface area contributed by atoms with Gasteiger partial charge in [0.15, 0.2) is 5.76 Å². The molecule has 3 heterocycles. The van der Waals surface area contributed by atoms with Gasteiger partial charge in [0.05, 0.1) is 23.4 Å². The molecule has 0 aliphatic carbocycles. The Bertz CT molecular complexity index is 1190. The summed E-state index contributed by atoms with van der Waals surface area (Å²) >= 11 is 0. The molecule has 2 aromatic carbocycles. The van der Waals surface area contributed by atoms with Crippen LogP contribution in [0.3, 0.4) is 0 Å². The largest absolute Gasteiger partial charge is 0.461 e. The Morgan fingerprint density at radius 2 is 1.84 bits per heavy atom. The molecule has 5 rings (SSSR count). The third-order valence-corrected chi connectivity index (χ3v) is 6.11. The molecule has 0 unspecified atom stereocenters. The summed E-state index contributed by atoms with van der Waals surface area (Å²) in [5.74, 6) is 1.01. The van der Waals surface area contributed by atoms with E-state index in [0.29, 0.717) is 27.8 Å². The number of furan rings is 1. The maximum absolute atomic E-state index is 13.0. The van der Waals surface area contributed by atoms with Crippen molar-refractivity contribution in [3.05, 3.63) is 66.6 Å². The molecule has 4 aromatic rings. The van der Waals surface area contributed by atoms with E-state index in [-0.39, 0.29) is 6.54 Å². The fraction of sp³-hybridized carbons (Fsp3) is 0.0556. The lowest BCUT2D eigenvalue weighted by molar-refractivity contribution is 0.411. The van der Waals surface area contributed by atoms with Gasteiger partial charge in [0.1, 0.15) is 5.69 Å². The van der Waals surface area contributed by atoms with Crippen LogP contribution in [0.5, 0.6) is 0 Å². The van der Waals surface area contributed by atoms with Crippen molar-refractivity contribution in [2.45, 2.75) is 11.4 Å². The van der Waals surface area contributed by atoms with E-state index in [0.717, 1.165) is 10.8 Å². The topological polar surface area (TPSA) is 76.6 Å². The SMILES string of the molecule is O=S1(=O)c2cccc3cccc(c23)N1Cc1cc(-c2ccco2)on1. The molecule has 0 amide bonds. The molecule has 2 aromatic heterocycles.